The van der Waals surface area contributed by atoms with Gasteiger partial charge in [-0.2, -0.15) is 0 Å². The summed E-state index contributed by atoms with van der Waals surface area (Å²) in [4.78, 5) is 18.7. The molecular formula is C24H26N6O. The van der Waals surface area contributed by atoms with Crippen LogP contribution in [0.2, 0.25) is 0 Å². The van der Waals surface area contributed by atoms with E-state index in [1.54, 1.807) is 0 Å². The molecule has 1 saturated heterocycles. The van der Waals surface area contributed by atoms with Gasteiger partial charge in [0.1, 0.15) is 6.04 Å². The Morgan fingerprint density at radius 1 is 1.03 bits per heavy atom. The molecule has 7 heteroatoms. The van der Waals surface area contributed by atoms with E-state index in [0.29, 0.717) is 17.9 Å². The van der Waals surface area contributed by atoms with Gasteiger partial charge in [0.25, 0.3) is 5.56 Å². The summed E-state index contributed by atoms with van der Waals surface area (Å²) in [7, 11) is 0. The van der Waals surface area contributed by atoms with Crippen molar-refractivity contribution in [2.75, 3.05) is 13.1 Å². The summed E-state index contributed by atoms with van der Waals surface area (Å²) in [5, 5.41) is 13.7. The average molecular weight is 415 g/mol. The second-order valence-corrected chi connectivity index (χ2v) is 8.32. The number of hydrogen-bond donors (Lipinski definition) is 1. The third kappa shape index (κ3) is 4.01. The molecule has 1 fully saturated rings. The zero-order chi connectivity index (χ0) is 21.2. The molecule has 0 amide bonds. The van der Waals surface area contributed by atoms with E-state index in [2.05, 4.69) is 49.7 Å². The normalized spacial score (nSPS) is 15.9. The van der Waals surface area contributed by atoms with Crippen molar-refractivity contribution in [3.05, 3.63) is 87.5 Å². The lowest BCUT2D eigenvalue weighted by atomic mass is 10.00. The zero-order valence-corrected chi connectivity index (χ0v) is 17.7. The lowest BCUT2D eigenvalue weighted by Crippen LogP contribution is -2.38. The van der Waals surface area contributed by atoms with Gasteiger partial charge in [-0.05, 0) is 71.9 Å². The Bertz CT molecular complexity index is 1240. The summed E-state index contributed by atoms with van der Waals surface area (Å²) in [5.74, 6) is 0.711. The fraction of sp³-hybridized carbons (Fsp3) is 0.333. The number of rotatable bonds is 5. The van der Waals surface area contributed by atoms with Crippen molar-refractivity contribution in [3.8, 4) is 0 Å². The van der Waals surface area contributed by atoms with Crippen LogP contribution >= 0.6 is 0 Å². The zero-order valence-electron chi connectivity index (χ0n) is 17.7. The number of benzene rings is 2. The quantitative estimate of drug-likeness (QED) is 0.541. The SMILES string of the molecule is Cc1ccc2cc([C@H](c3nnnn3Cc3ccccc3)N3CCCCC3)c(=O)[nH]c2c1. The number of aryl methyl sites for hydroxylation is 1. The Balaban J connectivity index is 1.62. The molecule has 0 radical (unpaired) electrons. The van der Waals surface area contributed by atoms with Gasteiger partial charge in [0.15, 0.2) is 5.82 Å². The molecular weight excluding hydrogens is 388 g/mol. The standard InChI is InChI=1S/C24H26N6O/c1-17-10-11-19-15-20(24(31)25-21(19)14-17)22(29-12-6-3-7-13-29)23-26-27-28-30(23)16-18-8-4-2-5-9-18/h2,4-5,8-11,14-15,22H,3,6-7,12-13,16H2,1H3,(H,25,31)/t22-/m1/s1. The van der Waals surface area contributed by atoms with Crippen molar-refractivity contribution in [3.63, 3.8) is 0 Å². The van der Waals surface area contributed by atoms with Crippen molar-refractivity contribution in [1.29, 1.82) is 0 Å². The summed E-state index contributed by atoms with van der Waals surface area (Å²) < 4.78 is 1.83. The number of tetrazole rings is 1. The second-order valence-electron chi connectivity index (χ2n) is 8.32. The molecule has 1 atom stereocenters. The first kappa shape index (κ1) is 19.6. The number of hydrogen-bond acceptors (Lipinski definition) is 5. The van der Waals surface area contributed by atoms with Gasteiger partial charge >= 0.3 is 0 Å². The molecule has 2 aromatic heterocycles. The highest BCUT2D eigenvalue weighted by Crippen LogP contribution is 2.29. The highest BCUT2D eigenvalue weighted by molar-refractivity contribution is 5.79. The molecule has 0 saturated carbocycles. The Morgan fingerprint density at radius 3 is 2.65 bits per heavy atom. The monoisotopic (exact) mass is 414 g/mol. The van der Waals surface area contributed by atoms with Crippen LogP contribution in [-0.4, -0.2) is 43.2 Å². The van der Waals surface area contributed by atoms with Crippen LogP contribution in [0.5, 0.6) is 0 Å². The summed E-state index contributed by atoms with van der Waals surface area (Å²) in [5.41, 5.74) is 3.71. The molecule has 158 valence electrons. The van der Waals surface area contributed by atoms with Gasteiger partial charge in [-0.1, -0.05) is 48.9 Å². The molecule has 0 aliphatic carbocycles. The predicted octanol–water partition coefficient (Wildman–Crippen LogP) is 3.45. The maximum Gasteiger partial charge on any atom is 0.253 e. The number of fused-ring (bicyclic) bond motifs is 1. The summed E-state index contributed by atoms with van der Waals surface area (Å²) in [6, 6.07) is 18.0. The van der Waals surface area contributed by atoms with Gasteiger partial charge in [-0.15, -0.1) is 5.10 Å². The third-order valence-corrected chi connectivity index (χ3v) is 6.06. The molecule has 2 aromatic carbocycles. The molecule has 0 unspecified atom stereocenters. The minimum Gasteiger partial charge on any atom is -0.322 e. The fourth-order valence-electron chi connectivity index (χ4n) is 4.49. The minimum atomic E-state index is -0.284. The average Bonchev–Trinajstić information content (AvgIpc) is 3.23. The van der Waals surface area contributed by atoms with Gasteiger partial charge in [0.05, 0.1) is 6.54 Å². The van der Waals surface area contributed by atoms with Gasteiger partial charge in [0.2, 0.25) is 0 Å². The van der Waals surface area contributed by atoms with E-state index in [1.165, 1.54) is 6.42 Å². The predicted molar refractivity (Wildman–Crippen MR) is 120 cm³/mol. The van der Waals surface area contributed by atoms with E-state index in [0.717, 1.165) is 48.0 Å². The molecule has 3 heterocycles. The highest BCUT2D eigenvalue weighted by Gasteiger charge is 2.31. The molecule has 1 aliphatic rings. The lowest BCUT2D eigenvalue weighted by molar-refractivity contribution is 0.177. The molecule has 31 heavy (non-hydrogen) atoms. The molecule has 1 N–H and O–H groups in total. The van der Waals surface area contributed by atoms with Crippen molar-refractivity contribution in [1.82, 2.24) is 30.1 Å². The van der Waals surface area contributed by atoms with E-state index in [4.69, 9.17) is 0 Å². The number of piperidine rings is 1. The molecule has 5 rings (SSSR count). The van der Waals surface area contributed by atoms with Crippen molar-refractivity contribution >= 4 is 10.9 Å². The van der Waals surface area contributed by atoms with Gasteiger partial charge in [-0.3, -0.25) is 9.69 Å². The lowest BCUT2D eigenvalue weighted by Gasteiger charge is -2.33. The maximum atomic E-state index is 13.2. The maximum absolute atomic E-state index is 13.2. The Hall–Kier alpha value is -3.32. The smallest absolute Gasteiger partial charge is 0.253 e. The molecule has 7 nitrogen and oxygen atoms in total. The fourth-order valence-corrected chi connectivity index (χ4v) is 4.49. The number of pyridine rings is 1. The van der Waals surface area contributed by atoms with Crippen LogP contribution in [-0.2, 0) is 6.54 Å². The number of nitrogens with zero attached hydrogens (tertiary/aromatic N) is 5. The highest BCUT2D eigenvalue weighted by atomic mass is 16.1. The van der Waals surface area contributed by atoms with Crippen LogP contribution in [0, 0.1) is 6.92 Å². The largest absolute Gasteiger partial charge is 0.322 e. The first-order valence-corrected chi connectivity index (χ1v) is 10.9. The second kappa shape index (κ2) is 8.43. The van der Waals surface area contributed by atoms with E-state index in [-0.39, 0.29) is 11.6 Å². The minimum absolute atomic E-state index is 0.0806. The van der Waals surface area contributed by atoms with Crippen LogP contribution in [0.3, 0.4) is 0 Å². The van der Waals surface area contributed by atoms with Crippen LogP contribution in [0.1, 0.15) is 47.8 Å². The molecule has 0 spiro atoms. The van der Waals surface area contributed by atoms with Crippen molar-refractivity contribution < 1.29 is 0 Å². The Labute approximate surface area is 180 Å². The van der Waals surface area contributed by atoms with Crippen molar-refractivity contribution in [2.45, 2.75) is 38.8 Å². The van der Waals surface area contributed by atoms with Crippen molar-refractivity contribution in [2.24, 2.45) is 0 Å². The summed E-state index contributed by atoms with van der Waals surface area (Å²) in [6.45, 7) is 4.45. The van der Waals surface area contributed by atoms with Crippen LogP contribution in [0.15, 0.2) is 59.4 Å². The third-order valence-electron chi connectivity index (χ3n) is 6.06. The van der Waals surface area contributed by atoms with E-state index in [9.17, 15) is 4.79 Å². The molecule has 0 bridgehead atoms. The Kier molecular flexibility index (Phi) is 5.34. The van der Waals surface area contributed by atoms with Gasteiger partial charge in [0, 0.05) is 11.1 Å². The number of aromatic nitrogens is 5. The summed E-state index contributed by atoms with van der Waals surface area (Å²) in [6.07, 6.45) is 3.44. The Morgan fingerprint density at radius 2 is 1.84 bits per heavy atom. The number of likely N-dealkylation sites (tertiary alicyclic amines) is 1. The molecule has 4 aromatic rings. The van der Waals surface area contributed by atoms with Gasteiger partial charge < -0.3 is 4.98 Å². The number of H-pyrrole nitrogens is 1. The number of nitrogens with one attached hydrogen (secondary N) is 1. The van der Waals surface area contributed by atoms with Gasteiger partial charge in [-0.25, -0.2) is 4.68 Å². The first-order chi connectivity index (χ1) is 15.2. The number of aromatic amines is 1. The summed E-state index contributed by atoms with van der Waals surface area (Å²) >= 11 is 0. The van der Waals surface area contributed by atoms with E-state index < -0.39 is 0 Å². The first-order valence-electron chi connectivity index (χ1n) is 10.9. The van der Waals surface area contributed by atoms with Crippen LogP contribution in [0.25, 0.3) is 10.9 Å². The van der Waals surface area contributed by atoms with E-state index >= 15 is 0 Å². The molecule has 1 aliphatic heterocycles. The van der Waals surface area contributed by atoms with E-state index in [1.807, 2.05) is 41.9 Å². The van der Waals surface area contributed by atoms with Crippen LogP contribution < -0.4 is 5.56 Å². The topological polar surface area (TPSA) is 79.7 Å². The van der Waals surface area contributed by atoms with Crippen LogP contribution in [0.4, 0.5) is 0 Å².